The molecule has 0 aromatic heterocycles. The summed E-state index contributed by atoms with van der Waals surface area (Å²) in [5, 5.41) is 88.3. The zero-order valence-corrected chi connectivity index (χ0v) is 60.1. The van der Waals surface area contributed by atoms with E-state index < -0.39 is 25.4 Å². The first-order valence-electron chi connectivity index (χ1n) is 36.5. The second-order valence-corrected chi connectivity index (χ2v) is 23.1. The summed E-state index contributed by atoms with van der Waals surface area (Å²) in [6.45, 7) is 28.1. The SMILES string of the molecule is CCCCCCCCCCCCN(CCOCCC)CCOCCO.CCCCCCCCCCCCN(CCOCCOCCC)CCOCCOCCO.OCCCN(CCOCCOCCO)CCOCCOCCO.OCCN(CCO)C(CO)(CO)CO. The van der Waals surface area contributed by atoms with Gasteiger partial charge < -0.3 is 98.4 Å². The van der Waals surface area contributed by atoms with Crippen LogP contribution in [-0.4, -0.2) is 346 Å². The molecule has 24 nitrogen and oxygen atoms in total. The molecule has 0 aromatic carbocycles. The van der Waals surface area contributed by atoms with Crippen molar-refractivity contribution >= 4 is 0 Å². The van der Waals surface area contributed by atoms with Gasteiger partial charge in [-0.3, -0.25) is 19.6 Å². The van der Waals surface area contributed by atoms with E-state index in [2.05, 4.69) is 42.4 Å². The van der Waals surface area contributed by atoms with Crippen molar-refractivity contribution in [3.63, 3.8) is 0 Å². The molecule has 93 heavy (non-hydrogen) atoms. The van der Waals surface area contributed by atoms with Gasteiger partial charge in [0.2, 0.25) is 0 Å². The standard InChI is InChI=1S/C25H53NO5.C21H45NO3.C15H33NO7.C8H19NO5/c1-3-5-6-7-8-9-10-11-12-13-14-26(15-19-29-23-22-28-18-4-2)16-20-30-24-25-31-21-17-27;1-3-5-6-7-8-9-10-11-12-13-14-22(15-19-24-18-4-2)16-20-25-21-17-23;17-5-1-2-16(3-8-20-12-14-22-10-6-18)4-9-21-13-15-23-11-7-19;10-3-1-9(2-4-11)8(5-12,6-13)7-14/h27H,3-25H2,1-2H3;23H,3-21H2,1-2H3;17-19H,1-15H2;10-14H,1-7H2. The fourth-order valence-corrected chi connectivity index (χ4v) is 9.42. The number of unbranched alkanes of at least 4 members (excludes halogenated alkanes) is 18. The Morgan fingerprint density at radius 2 is 0.419 bits per heavy atom. The fourth-order valence-electron chi connectivity index (χ4n) is 9.42. The molecule has 0 aliphatic rings. The Morgan fingerprint density at radius 3 is 0.656 bits per heavy atom. The van der Waals surface area contributed by atoms with Gasteiger partial charge in [-0.1, -0.05) is 143 Å². The van der Waals surface area contributed by atoms with Gasteiger partial charge in [-0.25, -0.2) is 0 Å². The molecular weight excluding hydrogens is 1200 g/mol. The summed E-state index contributed by atoms with van der Waals surface area (Å²) in [6, 6.07) is 0. The Morgan fingerprint density at radius 1 is 0.194 bits per heavy atom. The molecule has 0 aliphatic heterocycles. The van der Waals surface area contributed by atoms with Gasteiger partial charge >= 0.3 is 0 Å². The third-order valence-corrected chi connectivity index (χ3v) is 15.0. The zero-order chi connectivity index (χ0) is 69.1. The van der Waals surface area contributed by atoms with Crippen molar-refractivity contribution in [3.05, 3.63) is 0 Å². The maximum absolute atomic E-state index is 9.08. The van der Waals surface area contributed by atoms with Crippen LogP contribution in [0.2, 0.25) is 0 Å². The summed E-state index contributed by atoms with van der Waals surface area (Å²) >= 11 is 0. The number of aliphatic hydroxyl groups is 10. The molecule has 24 heteroatoms. The Bertz CT molecular complexity index is 1220. The number of rotatable bonds is 75. The highest BCUT2D eigenvalue weighted by Gasteiger charge is 2.34. The molecule has 0 aromatic rings. The number of β-amino-alcohol motifs (C(OH)–C–C–N with tert-alkyl or cyclic N) is 2. The maximum Gasteiger partial charge on any atom is 0.0908 e. The van der Waals surface area contributed by atoms with Crippen LogP contribution in [0.5, 0.6) is 0 Å². The van der Waals surface area contributed by atoms with Crippen molar-refractivity contribution in [1.29, 1.82) is 0 Å². The number of hydrogen-bond acceptors (Lipinski definition) is 24. The maximum atomic E-state index is 9.08. The van der Waals surface area contributed by atoms with Crippen molar-refractivity contribution in [2.24, 2.45) is 0 Å². The van der Waals surface area contributed by atoms with Crippen molar-refractivity contribution < 1.29 is 98.4 Å². The predicted molar refractivity (Wildman–Crippen MR) is 372 cm³/mol. The molecule has 566 valence electrons. The van der Waals surface area contributed by atoms with Crippen LogP contribution in [-0.2, 0) is 47.4 Å². The highest BCUT2D eigenvalue weighted by molar-refractivity contribution is 4.89. The molecule has 0 saturated heterocycles. The van der Waals surface area contributed by atoms with E-state index in [1.807, 2.05) is 0 Å². The lowest BCUT2D eigenvalue weighted by atomic mass is 10.0. The molecule has 0 unspecified atom stereocenters. The van der Waals surface area contributed by atoms with E-state index in [0.717, 1.165) is 105 Å². The molecule has 10 N–H and O–H groups in total. The summed E-state index contributed by atoms with van der Waals surface area (Å²) in [5.74, 6) is 0. The van der Waals surface area contributed by atoms with E-state index >= 15 is 0 Å². The third-order valence-electron chi connectivity index (χ3n) is 15.0. The largest absolute Gasteiger partial charge is 0.396 e. The highest BCUT2D eigenvalue weighted by Crippen LogP contribution is 2.15. The first-order chi connectivity index (χ1) is 45.7. The normalized spacial score (nSPS) is 11.7. The molecule has 0 aliphatic carbocycles. The molecule has 0 bridgehead atoms. The molecule has 0 saturated carbocycles. The van der Waals surface area contributed by atoms with Gasteiger partial charge in [0.05, 0.1) is 184 Å². The molecule has 0 radical (unpaired) electrons. The Labute approximate surface area is 567 Å². The molecule has 0 fully saturated rings. The second-order valence-electron chi connectivity index (χ2n) is 23.1. The van der Waals surface area contributed by atoms with E-state index in [-0.39, 0.29) is 59.3 Å². The van der Waals surface area contributed by atoms with E-state index in [1.165, 1.54) is 133 Å². The summed E-state index contributed by atoms with van der Waals surface area (Å²) < 4.78 is 54.3. The Kier molecular flexibility index (Phi) is 94.2. The first kappa shape index (κ1) is 98.4. The number of nitrogens with zero attached hydrogens (tertiary/aromatic N) is 4. The van der Waals surface area contributed by atoms with E-state index in [1.54, 1.807) is 0 Å². The predicted octanol–water partition coefficient (Wildman–Crippen LogP) is 5.03. The van der Waals surface area contributed by atoms with Gasteiger partial charge in [0, 0.05) is 78.7 Å². The summed E-state index contributed by atoms with van der Waals surface area (Å²) in [5.41, 5.74) is -1.18. The lowest BCUT2D eigenvalue weighted by Gasteiger charge is -2.39. The Hall–Kier alpha value is -0.960. The van der Waals surface area contributed by atoms with Gasteiger partial charge in [-0.05, 0) is 45.2 Å². The number of hydrogen-bond donors (Lipinski definition) is 10. The van der Waals surface area contributed by atoms with Crippen molar-refractivity contribution in [2.45, 2.75) is 181 Å². The van der Waals surface area contributed by atoms with Crippen LogP contribution in [0.1, 0.15) is 175 Å². The minimum atomic E-state index is -1.18. The van der Waals surface area contributed by atoms with Crippen molar-refractivity contribution in [2.75, 3.05) is 270 Å². The molecule has 0 atom stereocenters. The summed E-state index contributed by atoms with van der Waals surface area (Å²) in [6.07, 6.45) is 30.3. The van der Waals surface area contributed by atoms with Crippen LogP contribution >= 0.6 is 0 Å². The fraction of sp³-hybridized carbons (Fsp3) is 1.00. The van der Waals surface area contributed by atoms with Gasteiger partial charge in [0.15, 0.2) is 0 Å². The van der Waals surface area contributed by atoms with Crippen LogP contribution in [0, 0.1) is 0 Å². The lowest BCUT2D eigenvalue weighted by molar-refractivity contribution is -0.0578. The van der Waals surface area contributed by atoms with Crippen LogP contribution in [0.15, 0.2) is 0 Å². The second kappa shape index (κ2) is 89.1. The third kappa shape index (κ3) is 78.3. The van der Waals surface area contributed by atoms with E-state index in [9.17, 15) is 0 Å². The zero-order valence-electron chi connectivity index (χ0n) is 60.1. The van der Waals surface area contributed by atoms with Gasteiger partial charge in [-0.2, -0.15) is 0 Å². The average Bonchev–Trinajstić information content (AvgIpc) is 1.44. The molecular formula is C69H150N4O20. The summed E-state index contributed by atoms with van der Waals surface area (Å²) in [4.78, 5) is 8.54. The van der Waals surface area contributed by atoms with E-state index in [4.69, 9.17) is 98.4 Å². The van der Waals surface area contributed by atoms with Gasteiger partial charge in [0.25, 0.3) is 0 Å². The summed E-state index contributed by atoms with van der Waals surface area (Å²) in [7, 11) is 0. The first-order valence-corrected chi connectivity index (χ1v) is 36.5. The average molecular weight is 1360 g/mol. The monoisotopic (exact) mass is 1360 g/mol. The quantitative estimate of drug-likeness (QED) is 0.0357. The van der Waals surface area contributed by atoms with Crippen LogP contribution in [0.3, 0.4) is 0 Å². The Balaban J connectivity index is -0.000000585. The molecule has 0 rings (SSSR count). The van der Waals surface area contributed by atoms with Crippen LogP contribution in [0.4, 0.5) is 0 Å². The number of aliphatic hydroxyl groups excluding tert-OH is 10. The van der Waals surface area contributed by atoms with Crippen molar-refractivity contribution in [1.82, 2.24) is 19.6 Å². The van der Waals surface area contributed by atoms with Gasteiger partial charge in [0.1, 0.15) is 0 Å². The lowest BCUT2D eigenvalue weighted by Crippen LogP contribution is -2.58. The molecule has 0 amide bonds. The van der Waals surface area contributed by atoms with Crippen LogP contribution < -0.4 is 0 Å². The topological polar surface area (TPSA) is 308 Å². The molecule has 0 spiro atoms. The molecule has 0 heterocycles. The highest BCUT2D eigenvalue weighted by atomic mass is 16.5. The number of ether oxygens (including phenoxy) is 10. The van der Waals surface area contributed by atoms with Crippen molar-refractivity contribution in [3.8, 4) is 0 Å². The minimum Gasteiger partial charge on any atom is -0.396 e. The minimum absolute atomic E-state index is 0.0278. The van der Waals surface area contributed by atoms with Gasteiger partial charge in [-0.15, -0.1) is 0 Å². The van der Waals surface area contributed by atoms with E-state index in [0.29, 0.717) is 106 Å². The smallest absolute Gasteiger partial charge is 0.0908 e. The van der Waals surface area contributed by atoms with Crippen LogP contribution in [0.25, 0.3) is 0 Å².